The highest BCUT2D eigenvalue weighted by atomic mass is 32.1. The number of aromatic amines is 1. The third-order valence-electron chi connectivity index (χ3n) is 4.58. The van der Waals surface area contributed by atoms with Gasteiger partial charge < -0.3 is 10.3 Å². The molecule has 2 unspecified atom stereocenters. The highest BCUT2D eigenvalue weighted by Crippen LogP contribution is 2.28. The van der Waals surface area contributed by atoms with Crippen LogP contribution in [0.5, 0.6) is 0 Å². The lowest BCUT2D eigenvalue weighted by molar-refractivity contribution is -0.120. The number of carbonyl (C=O) groups excluding carboxylic acids is 1. The molecule has 1 aliphatic rings. The van der Waals surface area contributed by atoms with E-state index in [0.717, 1.165) is 35.6 Å². The molecule has 1 saturated heterocycles. The summed E-state index contributed by atoms with van der Waals surface area (Å²) in [6.07, 6.45) is 4.65. The molecule has 1 fully saturated rings. The number of para-hydroxylation sites is 1. The van der Waals surface area contributed by atoms with Crippen LogP contribution in [0, 0.1) is 0 Å². The van der Waals surface area contributed by atoms with Crippen molar-refractivity contribution in [2.45, 2.75) is 25.3 Å². The van der Waals surface area contributed by atoms with Crippen molar-refractivity contribution in [1.29, 1.82) is 0 Å². The zero-order valence-electron chi connectivity index (χ0n) is 13.4. The average molecular weight is 341 g/mol. The number of fused-ring (bicyclic) bond motifs is 1. The fourth-order valence-corrected chi connectivity index (χ4v) is 4.03. The summed E-state index contributed by atoms with van der Waals surface area (Å²) >= 11 is 1.51. The Balaban J connectivity index is 1.41. The third kappa shape index (κ3) is 2.92. The molecule has 4 rings (SSSR count). The lowest BCUT2D eigenvalue weighted by Gasteiger charge is -2.22. The first-order valence-corrected chi connectivity index (χ1v) is 8.92. The number of nitrogens with one attached hydrogen (secondary N) is 2. The number of aromatic nitrogens is 3. The van der Waals surface area contributed by atoms with Crippen LogP contribution >= 0.6 is 11.3 Å². The van der Waals surface area contributed by atoms with Crippen molar-refractivity contribution in [3.05, 3.63) is 42.5 Å². The Morgan fingerprint density at radius 1 is 1.46 bits per heavy atom. The molecule has 1 amide bonds. The summed E-state index contributed by atoms with van der Waals surface area (Å²) in [5.74, 6) is 1.38. The van der Waals surface area contributed by atoms with Crippen LogP contribution in [-0.2, 0) is 4.79 Å². The normalized spacial score (nSPS) is 19.6. The van der Waals surface area contributed by atoms with Crippen molar-refractivity contribution in [1.82, 2.24) is 19.9 Å². The van der Waals surface area contributed by atoms with Crippen LogP contribution in [0.15, 0.2) is 36.7 Å². The zero-order chi connectivity index (χ0) is 16.5. The average Bonchev–Trinajstić information content (AvgIpc) is 3.32. The first kappa shape index (κ1) is 15.3. The zero-order valence-corrected chi connectivity index (χ0v) is 14.2. The molecule has 0 bridgehead atoms. The summed E-state index contributed by atoms with van der Waals surface area (Å²) in [7, 11) is 0. The van der Waals surface area contributed by atoms with Crippen molar-refractivity contribution >= 4 is 32.6 Å². The van der Waals surface area contributed by atoms with Gasteiger partial charge in [-0.25, -0.2) is 9.97 Å². The van der Waals surface area contributed by atoms with Gasteiger partial charge in [-0.05, 0) is 32.0 Å². The molecule has 124 valence electrons. The number of amides is 1. The molecule has 2 aromatic heterocycles. The summed E-state index contributed by atoms with van der Waals surface area (Å²) in [4.78, 5) is 26.7. The molecule has 24 heavy (non-hydrogen) atoms. The Labute approximate surface area is 143 Å². The van der Waals surface area contributed by atoms with E-state index in [4.69, 9.17) is 0 Å². The van der Waals surface area contributed by atoms with Gasteiger partial charge in [-0.3, -0.25) is 9.69 Å². The maximum Gasteiger partial charge on any atom is 0.243 e. The number of likely N-dealkylation sites (tertiary alicyclic amines) is 1. The predicted molar refractivity (Wildman–Crippen MR) is 95.2 cm³/mol. The monoisotopic (exact) mass is 341 g/mol. The maximum atomic E-state index is 12.6. The minimum absolute atomic E-state index is 0.00542. The first-order valence-electron chi connectivity index (χ1n) is 8.10. The van der Waals surface area contributed by atoms with E-state index in [1.165, 1.54) is 11.3 Å². The van der Waals surface area contributed by atoms with Crippen LogP contribution < -0.4 is 5.32 Å². The van der Waals surface area contributed by atoms with Gasteiger partial charge in [-0.1, -0.05) is 23.5 Å². The Hall–Kier alpha value is -2.25. The Morgan fingerprint density at radius 3 is 3.12 bits per heavy atom. The van der Waals surface area contributed by atoms with E-state index in [-0.39, 0.29) is 11.9 Å². The van der Waals surface area contributed by atoms with Gasteiger partial charge in [0.25, 0.3) is 0 Å². The SMILES string of the molecule is CC(C(=O)Nc1nc2ccccc2s1)N1CCC(c2ncc[nH]2)C1. The second-order valence-corrected chi connectivity index (χ2v) is 7.14. The van der Waals surface area contributed by atoms with Gasteiger partial charge in [0.05, 0.1) is 16.3 Å². The van der Waals surface area contributed by atoms with Crippen LogP contribution in [0.1, 0.15) is 25.1 Å². The number of H-pyrrole nitrogens is 1. The lowest BCUT2D eigenvalue weighted by Crippen LogP contribution is -2.40. The van der Waals surface area contributed by atoms with Gasteiger partial charge in [-0.15, -0.1) is 0 Å². The highest BCUT2D eigenvalue weighted by Gasteiger charge is 2.31. The summed E-state index contributed by atoms with van der Waals surface area (Å²) in [6.45, 7) is 3.70. The minimum atomic E-state index is -0.183. The smallest absolute Gasteiger partial charge is 0.243 e. The van der Waals surface area contributed by atoms with Crippen molar-refractivity contribution in [3.8, 4) is 0 Å². The highest BCUT2D eigenvalue weighted by molar-refractivity contribution is 7.22. The van der Waals surface area contributed by atoms with Gasteiger partial charge in [0.15, 0.2) is 5.13 Å². The number of benzene rings is 1. The number of carbonyl (C=O) groups is 1. The number of thiazole rings is 1. The molecule has 1 aromatic carbocycles. The van der Waals surface area contributed by atoms with Crippen molar-refractivity contribution in [2.75, 3.05) is 18.4 Å². The fourth-order valence-electron chi connectivity index (χ4n) is 3.16. The number of rotatable bonds is 4. The third-order valence-corrected chi connectivity index (χ3v) is 5.53. The molecule has 0 radical (unpaired) electrons. The second-order valence-electron chi connectivity index (χ2n) is 6.11. The molecule has 7 heteroatoms. The number of imidazole rings is 1. The summed E-state index contributed by atoms with van der Waals surface area (Å²) in [6, 6.07) is 7.72. The fraction of sp³-hybridized carbons (Fsp3) is 0.353. The largest absolute Gasteiger partial charge is 0.348 e. The molecule has 3 aromatic rings. The maximum absolute atomic E-state index is 12.6. The van der Waals surface area contributed by atoms with Crippen LogP contribution in [-0.4, -0.2) is 44.9 Å². The van der Waals surface area contributed by atoms with E-state index in [2.05, 4.69) is 25.2 Å². The van der Waals surface area contributed by atoms with E-state index < -0.39 is 0 Å². The molecule has 3 heterocycles. The number of hydrogen-bond donors (Lipinski definition) is 2. The molecule has 1 aliphatic heterocycles. The molecule has 0 spiro atoms. The molecular weight excluding hydrogens is 322 g/mol. The van der Waals surface area contributed by atoms with E-state index >= 15 is 0 Å². The number of hydrogen-bond acceptors (Lipinski definition) is 5. The predicted octanol–water partition coefficient (Wildman–Crippen LogP) is 2.84. The topological polar surface area (TPSA) is 73.9 Å². The van der Waals surface area contributed by atoms with Gasteiger partial charge in [-0.2, -0.15) is 0 Å². The first-order chi connectivity index (χ1) is 11.7. The molecule has 2 atom stereocenters. The van der Waals surface area contributed by atoms with Crippen LogP contribution in [0.25, 0.3) is 10.2 Å². The van der Waals surface area contributed by atoms with E-state index in [1.54, 1.807) is 6.20 Å². The minimum Gasteiger partial charge on any atom is -0.348 e. The lowest BCUT2D eigenvalue weighted by atomic mass is 10.1. The number of anilines is 1. The quantitative estimate of drug-likeness (QED) is 0.765. The Kier molecular flexibility index (Phi) is 4.03. The Morgan fingerprint density at radius 2 is 2.33 bits per heavy atom. The molecule has 2 N–H and O–H groups in total. The van der Waals surface area contributed by atoms with Crippen LogP contribution in [0.3, 0.4) is 0 Å². The molecular formula is C17H19N5OS. The molecule has 6 nitrogen and oxygen atoms in total. The van der Waals surface area contributed by atoms with Crippen LogP contribution in [0.4, 0.5) is 5.13 Å². The van der Waals surface area contributed by atoms with E-state index in [0.29, 0.717) is 11.0 Å². The van der Waals surface area contributed by atoms with Crippen molar-refractivity contribution in [2.24, 2.45) is 0 Å². The number of nitrogens with zero attached hydrogens (tertiary/aromatic N) is 3. The van der Waals surface area contributed by atoms with E-state index in [9.17, 15) is 4.79 Å². The van der Waals surface area contributed by atoms with Crippen LogP contribution in [0.2, 0.25) is 0 Å². The second kappa shape index (κ2) is 6.33. The van der Waals surface area contributed by atoms with Crippen molar-refractivity contribution in [3.63, 3.8) is 0 Å². The van der Waals surface area contributed by atoms with E-state index in [1.807, 2.05) is 37.4 Å². The summed E-state index contributed by atoms with van der Waals surface area (Å²) in [5.41, 5.74) is 0.921. The van der Waals surface area contributed by atoms with Gasteiger partial charge in [0.2, 0.25) is 5.91 Å². The van der Waals surface area contributed by atoms with Gasteiger partial charge in [0, 0.05) is 24.9 Å². The van der Waals surface area contributed by atoms with Gasteiger partial charge >= 0.3 is 0 Å². The summed E-state index contributed by atoms with van der Waals surface area (Å²) in [5, 5.41) is 3.62. The molecule has 0 aliphatic carbocycles. The van der Waals surface area contributed by atoms with Crippen molar-refractivity contribution < 1.29 is 4.79 Å². The molecule has 0 saturated carbocycles. The van der Waals surface area contributed by atoms with Gasteiger partial charge in [0.1, 0.15) is 5.82 Å². The summed E-state index contributed by atoms with van der Waals surface area (Å²) < 4.78 is 1.08. The standard InChI is InChI=1S/C17H19N5OS/c1-11(22-9-6-12(10-22)15-18-7-8-19-15)16(23)21-17-20-13-4-2-3-5-14(13)24-17/h2-5,7-8,11-12H,6,9-10H2,1H3,(H,18,19)(H,20,21,23). The Bertz CT molecular complexity index is 811.